The second-order valence-corrected chi connectivity index (χ2v) is 4.72. The third-order valence-corrected chi connectivity index (χ3v) is 3.82. The summed E-state index contributed by atoms with van der Waals surface area (Å²) in [7, 11) is 3.52. The molecule has 2 heteroatoms. The topological polar surface area (TPSA) is 18.5 Å². The minimum Gasteiger partial charge on any atom is -0.381 e. The van der Waals surface area contributed by atoms with E-state index in [4.69, 9.17) is 9.47 Å². The van der Waals surface area contributed by atoms with E-state index in [1.807, 2.05) is 0 Å². The zero-order valence-electron chi connectivity index (χ0n) is 11.2. The van der Waals surface area contributed by atoms with E-state index >= 15 is 0 Å². The van der Waals surface area contributed by atoms with Crippen molar-refractivity contribution in [1.82, 2.24) is 0 Å². The summed E-state index contributed by atoms with van der Waals surface area (Å²) in [5, 5.41) is 0. The molecule has 15 heavy (non-hydrogen) atoms. The SMILES string of the molecule is [CH2]C(CC)(CC(C)C(C)OC)C(C)OC. The first-order valence-electron chi connectivity index (χ1n) is 5.82. The van der Waals surface area contributed by atoms with Crippen molar-refractivity contribution in [2.75, 3.05) is 14.2 Å². The minimum absolute atomic E-state index is 0.000949. The van der Waals surface area contributed by atoms with Gasteiger partial charge < -0.3 is 9.47 Å². The average Bonchev–Trinajstić information content (AvgIpc) is 2.26. The van der Waals surface area contributed by atoms with Crippen LogP contribution in [0, 0.1) is 18.3 Å². The van der Waals surface area contributed by atoms with Gasteiger partial charge in [0.1, 0.15) is 0 Å². The van der Waals surface area contributed by atoms with E-state index in [0.29, 0.717) is 5.92 Å². The maximum absolute atomic E-state index is 5.42. The smallest absolute Gasteiger partial charge is 0.0599 e. The summed E-state index contributed by atoms with van der Waals surface area (Å²) in [6, 6.07) is 0. The molecule has 1 radical (unpaired) electrons. The van der Waals surface area contributed by atoms with E-state index in [2.05, 4.69) is 34.6 Å². The summed E-state index contributed by atoms with van der Waals surface area (Å²) in [6.45, 7) is 12.9. The average molecular weight is 215 g/mol. The Morgan fingerprint density at radius 1 is 1.13 bits per heavy atom. The fourth-order valence-electron chi connectivity index (χ4n) is 1.89. The quantitative estimate of drug-likeness (QED) is 0.648. The van der Waals surface area contributed by atoms with E-state index < -0.39 is 0 Å². The van der Waals surface area contributed by atoms with Crippen molar-refractivity contribution in [3.63, 3.8) is 0 Å². The fraction of sp³-hybridized carbons (Fsp3) is 0.923. The summed E-state index contributed by atoms with van der Waals surface area (Å²) in [5.74, 6) is 0.505. The van der Waals surface area contributed by atoms with Crippen LogP contribution in [-0.2, 0) is 9.47 Å². The van der Waals surface area contributed by atoms with Crippen LogP contribution < -0.4 is 0 Å². The monoisotopic (exact) mass is 215 g/mol. The minimum atomic E-state index is 0.000949. The van der Waals surface area contributed by atoms with Crippen molar-refractivity contribution in [2.24, 2.45) is 11.3 Å². The molecule has 0 saturated heterocycles. The maximum atomic E-state index is 5.42. The van der Waals surface area contributed by atoms with Crippen molar-refractivity contribution in [2.45, 2.75) is 52.7 Å². The molecule has 0 heterocycles. The molecule has 0 aliphatic rings. The normalized spacial score (nSPS) is 21.8. The largest absolute Gasteiger partial charge is 0.381 e. The molecule has 4 unspecified atom stereocenters. The van der Waals surface area contributed by atoms with Gasteiger partial charge in [-0.15, -0.1) is 0 Å². The van der Waals surface area contributed by atoms with Gasteiger partial charge in [-0.3, -0.25) is 0 Å². The Bertz CT molecular complexity index is 170. The van der Waals surface area contributed by atoms with Gasteiger partial charge in [0.05, 0.1) is 12.2 Å². The Labute approximate surface area is 95.3 Å². The second kappa shape index (κ2) is 6.49. The molecular weight excluding hydrogens is 188 g/mol. The van der Waals surface area contributed by atoms with Crippen LogP contribution in [0.15, 0.2) is 0 Å². The number of hydrogen-bond donors (Lipinski definition) is 0. The van der Waals surface area contributed by atoms with Gasteiger partial charge in [-0.1, -0.05) is 13.8 Å². The molecule has 0 aromatic rings. The highest BCUT2D eigenvalue weighted by molar-refractivity contribution is 4.88. The Kier molecular flexibility index (Phi) is 6.46. The van der Waals surface area contributed by atoms with Crippen molar-refractivity contribution in [3.05, 3.63) is 6.92 Å². The molecule has 0 fully saturated rings. The first-order chi connectivity index (χ1) is 6.91. The van der Waals surface area contributed by atoms with Crippen molar-refractivity contribution < 1.29 is 9.47 Å². The number of methoxy groups -OCH3 is 2. The summed E-state index contributed by atoms with van der Waals surface area (Å²) in [5.41, 5.74) is 0.000949. The van der Waals surface area contributed by atoms with Crippen molar-refractivity contribution in [3.8, 4) is 0 Å². The predicted molar refractivity (Wildman–Crippen MR) is 64.8 cm³/mol. The van der Waals surface area contributed by atoms with Crippen LogP contribution in [0.1, 0.15) is 40.5 Å². The standard InChI is InChI=1S/C13H27O2/c1-8-13(5,12(4)15-7)9-10(2)11(3)14-6/h10-12H,5,8-9H2,1-4,6-7H3. The van der Waals surface area contributed by atoms with E-state index in [9.17, 15) is 0 Å². The van der Waals surface area contributed by atoms with Crippen LogP contribution in [0.5, 0.6) is 0 Å². The van der Waals surface area contributed by atoms with E-state index in [1.54, 1.807) is 14.2 Å². The van der Waals surface area contributed by atoms with Gasteiger partial charge >= 0.3 is 0 Å². The molecule has 0 N–H and O–H groups in total. The summed E-state index contributed by atoms with van der Waals surface area (Å²) >= 11 is 0. The Hall–Kier alpha value is -0.0800. The number of rotatable bonds is 7. The van der Waals surface area contributed by atoms with Gasteiger partial charge in [0.2, 0.25) is 0 Å². The molecule has 0 amide bonds. The van der Waals surface area contributed by atoms with Crippen molar-refractivity contribution >= 4 is 0 Å². The molecule has 0 aliphatic heterocycles. The van der Waals surface area contributed by atoms with Crippen LogP contribution in [-0.4, -0.2) is 26.4 Å². The van der Waals surface area contributed by atoms with Gasteiger partial charge in [0, 0.05) is 14.2 Å². The molecule has 0 saturated carbocycles. The zero-order chi connectivity index (χ0) is 12.1. The highest BCUT2D eigenvalue weighted by Crippen LogP contribution is 2.35. The molecular formula is C13H27O2. The third-order valence-electron chi connectivity index (χ3n) is 3.82. The molecule has 0 bridgehead atoms. The molecule has 2 nitrogen and oxygen atoms in total. The predicted octanol–water partition coefficient (Wildman–Crippen LogP) is 3.31. The summed E-state index contributed by atoms with van der Waals surface area (Å²) in [6.07, 6.45) is 2.53. The van der Waals surface area contributed by atoms with E-state index in [1.165, 1.54) is 0 Å². The van der Waals surface area contributed by atoms with Crippen LogP contribution in [0.3, 0.4) is 0 Å². The molecule has 91 valence electrons. The van der Waals surface area contributed by atoms with Gasteiger partial charge in [0.25, 0.3) is 0 Å². The highest BCUT2D eigenvalue weighted by atomic mass is 16.5. The van der Waals surface area contributed by atoms with Crippen LogP contribution in [0.2, 0.25) is 0 Å². The van der Waals surface area contributed by atoms with Gasteiger partial charge in [-0.25, -0.2) is 0 Å². The Balaban J connectivity index is 4.42. The second-order valence-electron chi connectivity index (χ2n) is 4.72. The molecule has 0 rings (SSSR count). The highest BCUT2D eigenvalue weighted by Gasteiger charge is 2.32. The lowest BCUT2D eigenvalue weighted by Crippen LogP contribution is -2.35. The van der Waals surface area contributed by atoms with Crippen LogP contribution >= 0.6 is 0 Å². The lowest BCUT2D eigenvalue weighted by atomic mass is 9.74. The lowest BCUT2D eigenvalue weighted by Gasteiger charge is -2.37. The van der Waals surface area contributed by atoms with Crippen molar-refractivity contribution in [1.29, 1.82) is 0 Å². The fourth-order valence-corrected chi connectivity index (χ4v) is 1.89. The zero-order valence-corrected chi connectivity index (χ0v) is 11.2. The molecule has 0 spiro atoms. The number of ether oxygens (including phenoxy) is 2. The first-order valence-corrected chi connectivity index (χ1v) is 5.82. The summed E-state index contributed by atoms with van der Waals surface area (Å²) < 4.78 is 10.8. The van der Waals surface area contributed by atoms with Gasteiger partial charge in [-0.05, 0) is 44.9 Å². The molecule has 0 aliphatic carbocycles. The van der Waals surface area contributed by atoms with Gasteiger partial charge in [0.15, 0.2) is 0 Å². The molecule has 0 aromatic carbocycles. The molecule has 0 aromatic heterocycles. The van der Waals surface area contributed by atoms with Crippen LogP contribution in [0.4, 0.5) is 0 Å². The maximum Gasteiger partial charge on any atom is 0.0599 e. The lowest BCUT2D eigenvalue weighted by molar-refractivity contribution is -0.0103. The number of hydrogen-bond acceptors (Lipinski definition) is 2. The van der Waals surface area contributed by atoms with E-state index in [0.717, 1.165) is 12.8 Å². The first kappa shape index (κ1) is 14.9. The Morgan fingerprint density at radius 3 is 2.00 bits per heavy atom. The summed E-state index contributed by atoms with van der Waals surface area (Å²) in [4.78, 5) is 0. The van der Waals surface area contributed by atoms with Gasteiger partial charge in [-0.2, -0.15) is 0 Å². The van der Waals surface area contributed by atoms with Crippen LogP contribution in [0.25, 0.3) is 0 Å². The third kappa shape index (κ3) is 4.12. The Morgan fingerprint density at radius 2 is 1.67 bits per heavy atom. The molecule has 4 atom stereocenters. The van der Waals surface area contributed by atoms with E-state index in [-0.39, 0.29) is 17.6 Å².